The maximum Gasteiger partial charge on any atom is 0.254 e. The largest absolute Gasteiger partial charge is 0.334 e. The molecule has 0 spiro atoms. The predicted octanol–water partition coefficient (Wildman–Crippen LogP) is 3.48. The first-order chi connectivity index (χ1) is 8.77. The Morgan fingerprint density at radius 3 is 2.89 bits per heavy atom. The number of hydrogen-bond donors (Lipinski definition) is 0. The smallest absolute Gasteiger partial charge is 0.254 e. The van der Waals surface area contributed by atoms with Crippen LogP contribution in [0.25, 0.3) is 0 Å². The summed E-state index contributed by atoms with van der Waals surface area (Å²) in [5.41, 5.74) is 1.97. The highest BCUT2D eigenvalue weighted by atomic mass is 35.5. The predicted molar refractivity (Wildman–Crippen MR) is 75.2 cm³/mol. The van der Waals surface area contributed by atoms with Crippen LogP contribution in [0.5, 0.6) is 0 Å². The number of aryl methyl sites for hydroxylation is 1. The Labute approximate surface area is 114 Å². The molecule has 2 rings (SSSR count). The van der Waals surface area contributed by atoms with Gasteiger partial charge >= 0.3 is 0 Å². The lowest BCUT2D eigenvalue weighted by Crippen LogP contribution is -2.45. The molecule has 0 aromatic heterocycles. The highest BCUT2D eigenvalue weighted by molar-refractivity contribution is 6.18. The number of likely N-dealkylation sites (tertiary alicyclic amines) is 1. The van der Waals surface area contributed by atoms with Crippen LogP contribution in [0.2, 0.25) is 0 Å². The van der Waals surface area contributed by atoms with Crippen molar-refractivity contribution in [2.45, 2.75) is 38.6 Å². The summed E-state index contributed by atoms with van der Waals surface area (Å²) in [4.78, 5) is 14.6. The fraction of sp³-hybridized carbons (Fsp3) is 0.533. The van der Waals surface area contributed by atoms with Gasteiger partial charge in [0.25, 0.3) is 5.91 Å². The number of hydrogen-bond acceptors (Lipinski definition) is 1. The van der Waals surface area contributed by atoms with Crippen molar-refractivity contribution in [3.05, 3.63) is 35.4 Å². The number of piperidine rings is 1. The number of halogens is 1. The highest BCUT2D eigenvalue weighted by Crippen LogP contribution is 2.22. The lowest BCUT2D eigenvalue weighted by molar-refractivity contribution is 0.0638. The second-order valence-electron chi connectivity index (χ2n) is 4.81. The quantitative estimate of drug-likeness (QED) is 0.767. The Kier molecular flexibility index (Phi) is 4.65. The Balaban J connectivity index is 2.24. The molecule has 1 unspecified atom stereocenters. The van der Waals surface area contributed by atoms with Crippen molar-refractivity contribution in [2.75, 3.05) is 12.4 Å². The summed E-state index contributed by atoms with van der Waals surface area (Å²) >= 11 is 5.99. The molecule has 1 saturated heterocycles. The Bertz CT molecular complexity index is 419. The highest BCUT2D eigenvalue weighted by Gasteiger charge is 2.27. The minimum atomic E-state index is 0.151. The summed E-state index contributed by atoms with van der Waals surface area (Å²) in [7, 11) is 0. The molecule has 3 heteroatoms. The number of nitrogens with zero attached hydrogens (tertiary/aromatic N) is 1. The van der Waals surface area contributed by atoms with E-state index in [4.69, 9.17) is 11.6 Å². The molecule has 1 amide bonds. The molecule has 1 fully saturated rings. The van der Waals surface area contributed by atoms with E-state index in [2.05, 4.69) is 6.92 Å². The van der Waals surface area contributed by atoms with E-state index < -0.39 is 0 Å². The van der Waals surface area contributed by atoms with Gasteiger partial charge in [0.05, 0.1) is 0 Å². The third-order valence-corrected chi connectivity index (χ3v) is 4.05. The van der Waals surface area contributed by atoms with Gasteiger partial charge < -0.3 is 4.90 Å². The van der Waals surface area contributed by atoms with E-state index in [0.29, 0.717) is 5.88 Å². The molecular formula is C15H20ClNO. The first-order valence-electron chi connectivity index (χ1n) is 6.72. The minimum absolute atomic E-state index is 0.151. The molecule has 0 radical (unpaired) electrons. The van der Waals surface area contributed by atoms with Gasteiger partial charge in [-0.25, -0.2) is 0 Å². The first-order valence-corrected chi connectivity index (χ1v) is 7.26. The van der Waals surface area contributed by atoms with Crippen LogP contribution in [0.15, 0.2) is 24.3 Å². The second kappa shape index (κ2) is 6.24. The molecule has 2 nitrogen and oxygen atoms in total. The molecule has 0 saturated carbocycles. The topological polar surface area (TPSA) is 20.3 Å². The monoisotopic (exact) mass is 265 g/mol. The van der Waals surface area contributed by atoms with Crippen LogP contribution in [0, 0.1) is 0 Å². The number of alkyl halides is 1. The van der Waals surface area contributed by atoms with E-state index in [1.54, 1.807) is 0 Å². The normalized spacial score (nSPS) is 19.9. The van der Waals surface area contributed by atoms with Crippen molar-refractivity contribution < 1.29 is 4.79 Å². The summed E-state index contributed by atoms with van der Waals surface area (Å²) in [6, 6.07) is 8.10. The van der Waals surface area contributed by atoms with Crippen molar-refractivity contribution in [1.29, 1.82) is 0 Å². The number of benzene rings is 1. The Morgan fingerprint density at radius 1 is 1.39 bits per heavy atom. The van der Waals surface area contributed by atoms with Crippen LogP contribution < -0.4 is 0 Å². The summed E-state index contributed by atoms with van der Waals surface area (Å²) in [5.74, 6) is 0.692. The molecule has 1 aromatic carbocycles. The van der Waals surface area contributed by atoms with Gasteiger partial charge in [0.2, 0.25) is 0 Å². The van der Waals surface area contributed by atoms with Crippen molar-refractivity contribution in [3.8, 4) is 0 Å². The average molecular weight is 266 g/mol. The average Bonchev–Trinajstić information content (AvgIpc) is 2.46. The minimum Gasteiger partial charge on any atom is -0.334 e. The molecule has 0 bridgehead atoms. The number of rotatable bonds is 3. The van der Waals surface area contributed by atoms with Gasteiger partial charge in [-0.1, -0.05) is 25.1 Å². The molecule has 0 N–H and O–H groups in total. The zero-order valence-corrected chi connectivity index (χ0v) is 11.6. The van der Waals surface area contributed by atoms with Crippen LogP contribution in [-0.4, -0.2) is 29.3 Å². The van der Waals surface area contributed by atoms with Crippen molar-refractivity contribution in [2.24, 2.45) is 0 Å². The van der Waals surface area contributed by atoms with Gasteiger partial charge in [-0.05, 0) is 37.3 Å². The van der Waals surface area contributed by atoms with E-state index in [1.807, 2.05) is 29.2 Å². The van der Waals surface area contributed by atoms with Crippen molar-refractivity contribution in [3.63, 3.8) is 0 Å². The van der Waals surface area contributed by atoms with Gasteiger partial charge in [-0.2, -0.15) is 0 Å². The molecule has 1 aromatic rings. The van der Waals surface area contributed by atoms with Crippen LogP contribution in [0.1, 0.15) is 42.1 Å². The van der Waals surface area contributed by atoms with Gasteiger partial charge in [0, 0.05) is 24.0 Å². The fourth-order valence-electron chi connectivity index (χ4n) is 2.62. The van der Waals surface area contributed by atoms with Crippen LogP contribution >= 0.6 is 11.6 Å². The molecule has 18 heavy (non-hydrogen) atoms. The van der Waals surface area contributed by atoms with Crippen LogP contribution in [0.3, 0.4) is 0 Å². The summed E-state index contributed by atoms with van der Waals surface area (Å²) < 4.78 is 0. The Hall–Kier alpha value is -1.02. The van der Waals surface area contributed by atoms with E-state index >= 15 is 0 Å². The zero-order chi connectivity index (χ0) is 13.0. The number of amides is 1. The van der Waals surface area contributed by atoms with Crippen LogP contribution in [-0.2, 0) is 6.42 Å². The Morgan fingerprint density at radius 2 is 2.17 bits per heavy atom. The lowest BCUT2D eigenvalue weighted by atomic mass is 9.99. The van der Waals surface area contributed by atoms with E-state index in [0.717, 1.165) is 36.9 Å². The SMILES string of the molecule is CCc1ccccc1C(=O)N1CCCCC1CCl. The molecule has 0 aliphatic carbocycles. The first kappa shape index (κ1) is 13.4. The number of carbonyl (C=O) groups is 1. The third kappa shape index (κ3) is 2.69. The summed E-state index contributed by atoms with van der Waals surface area (Å²) in [6.07, 6.45) is 4.19. The summed E-state index contributed by atoms with van der Waals surface area (Å²) in [6.45, 7) is 2.93. The fourth-order valence-corrected chi connectivity index (χ4v) is 2.94. The molecule has 1 aliphatic rings. The van der Waals surface area contributed by atoms with Gasteiger partial charge in [-0.3, -0.25) is 4.79 Å². The zero-order valence-electron chi connectivity index (χ0n) is 10.9. The van der Waals surface area contributed by atoms with Gasteiger partial charge in [0.1, 0.15) is 0 Å². The maximum absolute atomic E-state index is 12.6. The molecular weight excluding hydrogens is 246 g/mol. The second-order valence-corrected chi connectivity index (χ2v) is 5.12. The lowest BCUT2D eigenvalue weighted by Gasteiger charge is -2.35. The third-order valence-electron chi connectivity index (χ3n) is 3.69. The van der Waals surface area contributed by atoms with Gasteiger partial charge in [0.15, 0.2) is 0 Å². The molecule has 98 valence electrons. The van der Waals surface area contributed by atoms with Crippen LogP contribution in [0.4, 0.5) is 0 Å². The van der Waals surface area contributed by atoms with E-state index in [1.165, 1.54) is 6.42 Å². The number of carbonyl (C=O) groups excluding carboxylic acids is 1. The molecule has 1 heterocycles. The van der Waals surface area contributed by atoms with Crippen molar-refractivity contribution >= 4 is 17.5 Å². The van der Waals surface area contributed by atoms with Gasteiger partial charge in [-0.15, -0.1) is 11.6 Å². The molecule has 1 atom stereocenters. The van der Waals surface area contributed by atoms with Crippen molar-refractivity contribution in [1.82, 2.24) is 4.90 Å². The molecule has 1 aliphatic heterocycles. The van der Waals surface area contributed by atoms with E-state index in [-0.39, 0.29) is 11.9 Å². The van der Waals surface area contributed by atoms with E-state index in [9.17, 15) is 4.79 Å². The standard InChI is InChI=1S/C15H20ClNO/c1-2-12-7-3-4-9-14(12)15(18)17-10-6-5-8-13(17)11-16/h3-4,7,9,13H,2,5-6,8,10-11H2,1H3. The summed E-state index contributed by atoms with van der Waals surface area (Å²) in [5, 5.41) is 0. The maximum atomic E-state index is 12.6.